The van der Waals surface area contributed by atoms with Crippen LogP contribution in [-0.4, -0.2) is 36.0 Å². The number of nitrogens with one attached hydrogen (secondary N) is 1. The second-order valence-corrected chi connectivity index (χ2v) is 5.08. The third kappa shape index (κ3) is 2.53. The lowest BCUT2D eigenvalue weighted by Gasteiger charge is -2.37. The van der Waals surface area contributed by atoms with Crippen molar-refractivity contribution in [3.05, 3.63) is 35.1 Å². The molecule has 1 N–H and O–H groups in total. The van der Waals surface area contributed by atoms with Gasteiger partial charge in [-0.2, -0.15) is 0 Å². The molecule has 0 aromatic heterocycles. The third-order valence-electron chi connectivity index (χ3n) is 3.44. The van der Waals surface area contributed by atoms with Crippen molar-refractivity contribution in [3.63, 3.8) is 0 Å². The van der Waals surface area contributed by atoms with Crippen molar-refractivity contribution >= 4 is 5.91 Å². The molecule has 1 heterocycles. The molecule has 1 aromatic rings. The van der Waals surface area contributed by atoms with E-state index in [0.717, 1.165) is 6.54 Å². The van der Waals surface area contributed by atoms with Gasteiger partial charge in [-0.1, -0.05) is 0 Å². The van der Waals surface area contributed by atoms with Crippen LogP contribution in [-0.2, 0) is 0 Å². The molecule has 18 heavy (non-hydrogen) atoms. The van der Waals surface area contributed by atoms with Gasteiger partial charge in [-0.3, -0.25) is 4.79 Å². The molecular weight excluding hydrogens is 231 g/mol. The number of nitrogens with zero attached hydrogens (tertiary/aromatic N) is 1. The molecule has 1 amide bonds. The topological polar surface area (TPSA) is 32.3 Å². The molecule has 1 aliphatic heterocycles. The van der Waals surface area contributed by atoms with Gasteiger partial charge in [0.05, 0.1) is 0 Å². The number of carbonyl (C=O) groups is 1. The predicted molar refractivity (Wildman–Crippen MR) is 69.1 cm³/mol. The van der Waals surface area contributed by atoms with Gasteiger partial charge in [0, 0.05) is 30.7 Å². The first-order valence-corrected chi connectivity index (χ1v) is 6.29. The zero-order chi connectivity index (χ0) is 13.3. The maximum atomic E-state index is 13.1. The van der Waals surface area contributed by atoms with Crippen molar-refractivity contribution in [2.75, 3.05) is 13.1 Å². The summed E-state index contributed by atoms with van der Waals surface area (Å²) in [5, 5.41) is 3.34. The summed E-state index contributed by atoms with van der Waals surface area (Å²) in [5.41, 5.74) is 1.29. The summed E-state index contributed by atoms with van der Waals surface area (Å²) in [6, 6.07) is 4.79. The van der Waals surface area contributed by atoms with E-state index >= 15 is 0 Å². The van der Waals surface area contributed by atoms with Gasteiger partial charge in [0.2, 0.25) is 0 Å². The van der Waals surface area contributed by atoms with E-state index in [0.29, 0.717) is 23.7 Å². The molecule has 4 heteroatoms. The molecule has 0 aliphatic carbocycles. The SMILES string of the molecule is Cc1cc(F)ccc1C(=O)N1CC(C)NCC1C. The van der Waals surface area contributed by atoms with Gasteiger partial charge < -0.3 is 10.2 Å². The fraction of sp³-hybridized carbons (Fsp3) is 0.500. The van der Waals surface area contributed by atoms with Crippen LogP contribution in [0.3, 0.4) is 0 Å². The van der Waals surface area contributed by atoms with E-state index in [4.69, 9.17) is 0 Å². The number of benzene rings is 1. The van der Waals surface area contributed by atoms with E-state index in [1.54, 1.807) is 13.0 Å². The number of amides is 1. The Kier molecular flexibility index (Phi) is 3.66. The highest BCUT2D eigenvalue weighted by Crippen LogP contribution is 2.16. The molecular formula is C14H19FN2O. The molecule has 1 aromatic carbocycles. The third-order valence-corrected chi connectivity index (χ3v) is 3.44. The molecule has 0 saturated carbocycles. The van der Waals surface area contributed by atoms with Crippen molar-refractivity contribution in [2.45, 2.75) is 32.9 Å². The van der Waals surface area contributed by atoms with Gasteiger partial charge in [0.15, 0.2) is 0 Å². The van der Waals surface area contributed by atoms with E-state index in [2.05, 4.69) is 12.2 Å². The average molecular weight is 250 g/mol. The summed E-state index contributed by atoms with van der Waals surface area (Å²) in [6.07, 6.45) is 0. The van der Waals surface area contributed by atoms with Crippen LogP contribution in [0.25, 0.3) is 0 Å². The quantitative estimate of drug-likeness (QED) is 0.826. The summed E-state index contributed by atoms with van der Waals surface area (Å²) in [7, 11) is 0. The highest BCUT2D eigenvalue weighted by atomic mass is 19.1. The average Bonchev–Trinajstić information content (AvgIpc) is 2.31. The van der Waals surface area contributed by atoms with Crippen molar-refractivity contribution in [1.82, 2.24) is 10.2 Å². The van der Waals surface area contributed by atoms with Crippen LogP contribution in [0.1, 0.15) is 29.8 Å². The Bertz CT molecular complexity index is 461. The largest absolute Gasteiger partial charge is 0.333 e. The zero-order valence-electron chi connectivity index (χ0n) is 11.0. The predicted octanol–water partition coefficient (Wildman–Crippen LogP) is 1.96. The van der Waals surface area contributed by atoms with Crippen molar-refractivity contribution < 1.29 is 9.18 Å². The Morgan fingerprint density at radius 2 is 2.17 bits per heavy atom. The molecule has 1 fully saturated rings. The Morgan fingerprint density at radius 3 is 2.83 bits per heavy atom. The van der Waals surface area contributed by atoms with Gasteiger partial charge >= 0.3 is 0 Å². The van der Waals surface area contributed by atoms with E-state index < -0.39 is 0 Å². The maximum Gasteiger partial charge on any atom is 0.254 e. The molecule has 1 aliphatic rings. The molecule has 0 radical (unpaired) electrons. The molecule has 1 saturated heterocycles. The summed E-state index contributed by atoms with van der Waals surface area (Å²) < 4.78 is 13.1. The summed E-state index contributed by atoms with van der Waals surface area (Å²) in [4.78, 5) is 14.3. The van der Waals surface area contributed by atoms with Crippen molar-refractivity contribution in [2.24, 2.45) is 0 Å². The van der Waals surface area contributed by atoms with E-state index in [9.17, 15) is 9.18 Å². The Balaban J connectivity index is 2.24. The minimum absolute atomic E-state index is 0.00616. The Labute approximate surface area is 107 Å². The van der Waals surface area contributed by atoms with Crippen molar-refractivity contribution in [1.29, 1.82) is 0 Å². The fourth-order valence-corrected chi connectivity index (χ4v) is 2.33. The van der Waals surface area contributed by atoms with Crippen LogP contribution in [0, 0.1) is 12.7 Å². The summed E-state index contributed by atoms with van der Waals surface area (Å²) in [6.45, 7) is 7.34. The number of rotatable bonds is 1. The molecule has 2 unspecified atom stereocenters. The van der Waals surface area contributed by atoms with Crippen molar-refractivity contribution in [3.8, 4) is 0 Å². The Hall–Kier alpha value is -1.42. The molecule has 2 atom stereocenters. The van der Waals surface area contributed by atoms with Crippen LogP contribution in [0.4, 0.5) is 4.39 Å². The van der Waals surface area contributed by atoms with Crippen LogP contribution < -0.4 is 5.32 Å². The molecule has 2 rings (SSSR count). The molecule has 98 valence electrons. The minimum atomic E-state index is -0.300. The first-order chi connectivity index (χ1) is 8.49. The lowest BCUT2D eigenvalue weighted by atomic mass is 10.0. The van der Waals surface area contributed by atoms with Gasteiger partial charge in [-0.15, -0.1) is 0 Å². The van der Waals surface area contributed by atoms with E-state index in [1.807, 2.05) is 11.8 Å². The maximum absolute atomic E-state index is 13.1. The molecule has 0 spiro atoms. The minimum Gasteiger partial charge on any atom is -0.333 e. The van der Waals surface area contributed by atoms with Gasteiger partial charge in [-0.05, 0) is 44.5 Å². The molecule has 0 bridgehead atoms. The normalized spacial score (nSPS) is 24.1. The highest BCUT2D eigenvalue weighted by molar-refractivity contribution is 5.95. The lowest BCUT2D eigenvalue weighted by molar-refractivity contribution is 0.0615. The van der Waals surface area contributed by atoms with Gasteiger partial charge in [0.1, 0.15) is 5.82 Å². The smallest absolute Gasteiger partial charge is 0.254 e. The summed E-state index contributed by atoms with van der Waals surface area (Å²) >= 11 is 0. The summed E-state index contributed by atoms with van der Waals surface area (Å²) in [5.74, 6) is -0.306. The highest BCUT2D eigenvalue weighted by Gasteiger charge is 2.27. The zero-order valence-corrected chi connectivity index (χ0v) is 11.0. The van der Waals surface area contributed by atoms with Crippen LogP contribution in [0.2, 0.25) is 0 Å². The number of hydrogen-bond acceptors (Lipinski definition) is 2. The fourth-order valence-electron chi connectivity index (χ4n) is 2.33. The van der Waals surface area contributed by atoms with E-state index in [-0.39, 0.29) is 17.8 Å². The van der Waals surface area contributed by atoms with E-state index in [1.165, 1.54) is 12.1 Å². The first-order valence-electron chi connectivity index (χ1n) is 6.29. The monoisotopic (exact) mass is 250 g/mol. The second-order valence-electron chi connectivity index (χ2n) is 5.08. The van der Waals surface area contributed by atoms with Crippen LogP contribution >= 0.6 is 0 Å². The number of aryl methyl sites for hydroxylation is 1. The number of hydrogen-bond donors (Lipinski definition) is 1. The number of halogens is 1. The standard InChI is InChI=1S/C14H19FN2O/c1-9-6-12(15)4-5-13(9)14(18)17-8-10(2)16-7-11(17)3/h4-6,10-11,16H,7-8H2,1-3H3. The Morgan fingerprint density at radius 1 is 1.44 bits per heavy atom. The van der Waals surface area contributed by atoms with Gasteiger partial charge in [-0.25, -0.2) is 4.39 Å². The number of piperazine rings is 1. The second kappa shape index (κ2) is 5.06. The number of carbonyl (C=O) groups excluding carboxylic acids is 1. The van der Waals surface area contributed by atoms with Crippen LogP contribution in [0.5, 0.6) is 0 Å². The molecule has 3 nitrogen and oxygen atoms in total. The lowest BCUT2D eigenvalue weighted by Crippen LogP contribution is -2.56. The van der Waals surface area contributed by atoms with Gasteiger partial charge in [0.25, 0.3) is 5.91 Å². The first kappa shape index (κ1) is 13.0. The van der Waals surface area contributed by atoms with Crippen LogP contribution in [0.15, 0.2) is 18.2 Å².